The monoisotopic (exact) mass is 241 g/mol. The maximum Gasteiger partial charge on any atom is 0.119 e. The number of rotatable bonds is 2. The third kappa shape index (κ3) is 1.52. The van der Waals surface area contributed by atoms with Gasteiger partial charge in [0.1, 0.15) is 5.75 Å². The van der Waals surface area contributed by atoms with Crippen molar-refractivity contribution < 1.29 is 4.74 Å². The summed E-state index contributed by atoms with van der Waals surface area (Å²) in [6.45, 7) is 4.45. The minimum absolute atomic E-state index is 0.152. The highest BCUT2D eigenvalue weighted by Crippen LogP contribution is 2.60. The molecule has 0 aliphatic heterocycles. The molecule has 94 valence electrons. The fraction of sp³-hybridized carbons (Fsp3) is 0.375. The van der Waals surface area contributed by atoms with E-state index in [4.69, 9.17) is 10.5 Å². The van der Waals surface area contributed by atoms with Crippen LogP contribution in [-0.4, -0.2) is 7.11 Å². The molecule has 0 saturated heterocycles. The lowest BCUT2D eigenvalue weighted by Gasteiger charge is -2.16. The average molecular weight is 241 g/mol. The van der Waals surface area contributed by atoms with Gasteiger partial charge in [-0.2, -0.15) is 0 Å². The minimum atomic E-state index is -0.152. The molecule has 3 rings (SSSR count). The van der Waals surface area contributed by atoms with E-state index < -0.39 is 0 Å². The van der Waals surface area contributed by atoms with Gasteiger partial charge in [0.05, 0.1) is 7.11 Å². The molecular formula is C16H19NO. The predicted molar refractivity (Wildman–Crippen MR) is 74.8 cm³/mol. The van der Waals surface area contributed by atoms with Crippen LogP contribution in [0.3, 0.4) is 0 Å². The zero-order valence-corrected chi connectivity index (χ0v) is 11.2. The highest BCUT2D eigenvalue weighted by atomic mass is 16.5. The summed E-state index contributed by atoms with van der Waals surface area (Å²) in [7, 11) is 1.69. The zero-order valence-electron chi connectivity index (χ0n) is 11.2. The normalized spacial score (nSPS) is 25.1. The summed E-state index contributed by atoms with van der Waals surface area (Å²) in [6.07, 6.45) is 1.06. The van der Waals surface area contributed by atoms with Gasteiger partial charge in [0.2, 0.25) is 0 Å². The Balaban J connectivity index is 2.08. The molecule has 0 radical (unpaired) electrons. The molecule has 2 N–H and O–H groups in total. The van der Waals surface area contributed by atoms with E-state index in [1.807, 2.05) is 6.07 Å². The van der Waals surface area contributed by atoms with Crippen LogP contribution < -0.4 is 10.5 Å². The molecule has 1 aliphatic carbocycles. The summed E-state index contributed by atoms with van der Waals surface area (Å²) in [5, 5.41) is 2.42. The highest BCUT2D eigenvalue weighted by Gasteiger charge is 2.59. The van der Waals surface area contributed by atoms with Gasteiger partial charge in [0, 0.05) is 5.54 Å². The minimum Gasteiger partial charge on any atom is -0.497 e. The molecule has 0 spiro atoms. The lowest BCUT2D eigenvalue weighted by molar-refractivity contribution is 0.415. The Hall–Kier alpha value is -1.54. The quantitative estimate of drug-likeness (QED) is 0.874. The van der Waals surface area contributed by atoms with E-state index in [1.54, 1.807) is 7.11 Å². The Bertz CT molecular complexity index is 618. The first-order valence-corrected chi connectivity index (χ1v) is 6.33. The first kappa shape index (κ1) is 11.5. The van der Waals surface area contributed by atoms with E-state index in [0.29, 0.717) is 0 Å². The molecular weight excluding hydrogens is 222 g/mol. The average Bonchev–Trinajstić information content (AvgIpc) is 2.88. The molecule has 0 amide bonds. The fourth-order valence-electron chi connectivity index (χ4n) is 2.77. The van der Waals surface area contributed by atoms with Crippen LogP contribution in [0, 0.1) is 5.41 Å². The fourth-order valence-corrected chi connectivity index (χ4v) is 2.77. The van der Waals surface area contributed by atoms with Crippen molar-refractivity contribution in [1.29, 1.82) is 0 Å². The van der Waals surface area contributed by atoms with Gasteiger partial charge in [-0.15, -0.1) is 0 Å². The lowest BCUT2D eigenvalue weighted by Crippen LogP contribution is -2.25. The number of nitrogens with two attached hydrogens (primary N) is 1. The zero-order chi connectivity index (χ0) is 13.0. The number of fused-ring (bicyclic) bond motifs is 1. The molecule has 1 unspecified atom stereocenters. The van der Waals surface area contributed by atoms with Crippen LogP contribution in [0.25, 0.3) is 10.8 Å². The molecule has 2 aromatic carbocycles. The van der Waals surface area contributed by atoms with Crippen molar-refractivity contribution in [3.05, 3.63) is 42.0 Å². The predicted octanol–water partition coefficient (Wildman–Crippen LogP) is 3.43. The van der Waals surface area contributed by atoms with Crippen molar-refractivity contribution >= 4 is 10.8 Å². The molecule has 0 bridgehead atoms. The molecule has 1 fully saturated rings. The summed E-state index contributed by atoms with van der Waals surface area (Å²) in [4.78, 5) is 0. The molecule has 1 atom stereocenters. The van der Waals surface area contributed by atoms with Gasteiger partial charge in [0.15, 0.2) is 0 Å². The van der Waals surface area contributed by atoms with E-state index in [-0.39, 0.29) is 11.0 Å². The molecule has 0 aromatic heterocycles. The van der Waals surface area contributed by atoms with Crippen LogP contribution in [0.1, 0.15) is 25.8 Å². The van der Waals surface area contributed by atoms with E-state index in [0.717, 1.165) is 12.2 Å². The lowest BCUT2D eigenvalue weighted by atomic mass is 9.95. The van der Waals surface area contributed by atoms with Gasteiger partial charge in [-0.3, -0.25) is 0 Å². The molecule has 0 heterocycles. The first-order valence-electron chi connectivity index (χ1n) is 6.33. The largest absolute Gasteiger partial charge is 0.497 e. The Morgan fingerprint density at radius 3 is 2.28 bits per heavy atom. The number of hydrogen-bond donors (Lipinski definition) is 1. The van der Waals surface area contributed by atoms with E-state index >= 15 is 0 Å². The van der Waals surface area contributed by atoms with Crippen LogP contribution in [-0.2, 0) is 5.54 Å². The van der Waals surface area contributed by atoms with Crippen molar-refractivity contribution in [3.8, 4) is 5.75 Å². The summed E-state index contributed by atoms with van der Waals surface area (Å²) < 4.78 is 5.24. The van der Waals surface area contributed by atoms with Crippen molar-refractivity contribution in [2.45, 2.75) is 25.8 Å². The maximum atomic E-state index is 6.47. The van der Waals surface area contributed by atoms with Crippen LogP contribution in [0.4, 0.5) is 0 Å². The second-order valence-electron chi connectivity index (χ2n) is 5.96. The molecule has 1 aliphatic rings. The highest BCUT2D eigenvalue weighted by molar-refractivity contribution is 5.85. The topological polar surface area (TPSA) is 35.2 Å². The second-order valence-corrected chi connectivity index (χ2v) is 5.96. The SMILES string of the molecule is COc1ccc2cc(C3(N)CC3(C)C)ccc2c1. The Morgan fingerprint density at radius 2 is 1.67 bits per heavy atom. The van der Waals surface area contributed by atoms with Crippen LogP contribution in [0.2, 0.25) is 0 Å². The molecule has 1 saturated carbocycles. The molecule has 2 heteroatoms. The van der Waals surface area contributed by atoms with E-state index in [2.05, 4.69) is 44.2 Å². The second kappa shape index (κ2) is 3.48. The first-order chi connectivity index (χ1) is 8.46. The van der Waals surface area contributed by atoms with E-state index in [9.17, 15) is 0 Å². The van der Waals surface area contributed by atoms with Crippen LogP contribution in [0.5, 0.6) is 5.75 Å². The summed E-state index contributed by atoms with van der Waals surface area (Å²) in [6, 6.07) is 12.6. The number of benzene rings is 2. The Labute approximate surface area is 108 Å². The van der Waals surface area contributed by atoms with Gasteiger partial charge in [-0.05, 0) is 46.4 Å². The summed E-state index contributed by atoms with van der Waals surface area (Å²) in [5.74, 6) is 0.893. The van der Waals surface area contributed by atoms with Crippen LogP contribution in [0.15, 0.2) is 36.4 Å². The van der Waals surface area contributed by atoms with Crippen molar-refractivity contribution in [1.82, 2.24) is 0 Å². The number of ether oxygens (including phenoxy) is 1. The van der Waals surface area contributed by atoms with Gasteiger partial charge in [-0.1, -0.05) is 32.0 Å². The molecule has 2 aromatic rings. The van der Waals surface area contributed by atoms with Crippen LogP contribution >= 0.6 is 0 Å². The Kier molecular flexibility index (Phi) is 2.23. The number of hydrogen-bond acceptors (Lipinski definition) is 2. The summed E-state index contributed by atoms with van der Waals surface area (Å²) in [5.41, 5.74) is 7.77. The van der Waals surface area contributed by atoms with Crippen molar-refractivity contribution in [2.24, 2.45) is 11.1 Å². The maximum absolute atomic E-state index is 6.47. The van der Waals surface area contributed by atoms with Gasteiger partial charge in [-0.25, -0.2) is 0 Å². The number of methoxy groups -OCH3 is 1. The van der Waals surface area contributed by atoms with Crippen molar-refractivity contribution in [3.63, 3.8) is 0 Å². The molecule has 18 heavy (non-hydrogen) atoms. The van der Waals surface area contributed by atoms with Gasteiger partial charge in [0.25, 0.3) is 0 Å². The molecule has 2 nitrogen and oxygen atoms in total. The smallest absolute Gasteiger partial charge is 0.119 e. The van der Waals surface area contributed by atoms with Crippen molar-refractivity contribution in [2.75, 3.05) is 7.11 Å². The third-order valence-electron chi connectivity index (χ3n) is 4.37. The van der Waals surface area contributed by atoms with Gasteiger partial charge < -0.3 is 10.5 Å². The van der Waals surface area contributed by atoms with Gasteiger partial charge >= 0.3 is 0 Å². The standard InChI is InChI=1S/C16H19NO/c1-15(2)10-16(15,17)13-6-4-12-9-14(18-3)7-5-11(12)8-13/h4-9H,10,17H2,1-3H3. The summed E-state index contributed by atoms with van der Waals surface area (Å²) >= 11 is 0. The van der Waals surface area contributed by atoms with E-state index in [1.165, 1.54) is 16.3 Å². The Morgan fingerprint density at radius 1 is 1.06 bits per heavy atom. The third-order valence-corrected chi connectivity index (χ3v) is 4.37.